The first-order valence-corrected chi connectivity index (χ1v) is 14.7. The minimum absolute atomic E-state index is 0.0388. The molecule has 7 rings (SSSR count). The van der Waals surface area contributed by atoms with Gasteiger partial charge in [-0.05, 0) is 74.9 Å². The van der Waals surface area contributed by atoms with Crippen LogP contribution in [0, 0.1) is 12.8 Å². The molecule has 2 fully saturated rings. The van der Waals surface area contributed by atoms with Gasteiger partial charge in [0.2, 0.25) is 5.91 Å². The number of benzene rings is 1. The number of carbonyl (C=O) groups excluding carboxylic acids is 2. The smallest absolute Gasteiger partial charge is 0.270 e. The van der Waals surface area contributed by atoms with E-state index in [0.29, 0.717) is 50.3 Å². The Morgan fingerprint density at radius 1 is 1.13 bits per heavy atom. The Labute approximate surface area is 230 Å². The number of fused-ring (bicyclic) bond motifs is 2. The van der Waals surface area contributed by atoms with Crippen molar-refractivity contribution in [1.29, 1.82) is 0 Å². The molecule has 208 valence electrons. The van der Waals surface area contributed by atoms with Crippen LogP contribution in [0.4, 0.5) is 0 Å². The van der Waals surface area contributed by atoms with Crippen LogP contribution in [0.5, 0.6) is 11.5 Å². The van der Waals surface area contributed by atoms with Gasteiger partial charge in [-0.25, -0.2) is 0 Å². The Hall–Kier alpha value is -3.00. The minimum Gasteiger partial charge on any atom is -0.493 e. The number of methoxy groups -OCH3 is 1. The number of ether oxygens (including phenoxy) is 2. The van der Waals surface area contributed by atoms with Crippen LogP contribution in [0.15, 0.2) is 12.1 Å². The molecule has 8 nitrogen and oxygen atoms in total. The lowest BCUT2D eigenvalue weighted by atomic mass is 9.51. The van der Waals surface area contributed by atoms with E-state index in [1.807, 2.05) is 9.80 Å². The average Bonchev–Trinajstić information content (AvgIpc) is 3.47. The Balaban J connectivity index is 1.22. The monoisotopic (exact) mass is 532 g/mol. The number of carbonyl (C=O) groups is 2. The van der Waals surface area contributed by atoms with Crippen molar-refractivity contribution >= 4 is 11.8 Å². The molecular weight excluding hydrogens is 492 g/mol. The molecule has 2 aliphatic carbocycles. The van der Waals surface area contributed by atoms with Gasteiger partial charge < -0.3 is 29.2 Å². The van der Waals surface area contributed by atoms with Gasteiger partial charge in [-0.15, -0.1) is 0 Å². The number of aromatic amines is 1. The van der Waals surface area contributed by atoms with E-state index in [1.165, 1.54) is 16.7 Å². The summed E-state index contributed by atoms with van der Waals surface area (Å²) in [5.74, 6) is 2.40. The van der Waals surface area contributed by atoms with E-state index in [2.05, 4.69) is 42.9 Å². The fraction of sp³-hybridized carbons (Fsp3) is 0.613. The topological polar surface area (TPSA) is 78.1 Å². The lowest BCUT2D eigenvalue weighted by Gasteiger charge is -2.57. The van der Waals surface area contributed by atoms with Crippen LogP contribution in [0.2, 0.25) is 0 Å². The zero-order chi connectivity index (χ0) is 27.1. The number of amides is 2. The Bertz CT molecular complexity index is 1340. The molecule has 5 aliphatic rings. The molecule has 1 unspecified atom stereocenters. The van der Waals surface area contributed by atoms with Crippen LogP contribution in [-0.2, 0) is 23.1 Å². The van der Waals surface area contributed by atoms with Gasteiger partial charge in [0, 0.05) is 49.6 Å². The van der Waals surface area contributed by atoms with E-state index in [1.54, 1.807) is 7.11 Å². The summed E-state index contributed by atoms with van der Waals surface area (Å²) in [6.45, 7) is 7.61. The van der Waals surface area contributed by atoms with Crippen molar-refractivity contribution in [3.8, 4) is 11.5 Å². The van der Waals surface area contributed by atoms with Crippen molar-refractivity contribution in [2.24, 2.45) is 5.92 Å². The largest absolute Gasteiger partial charge is 0.493 e. The SMILES string of the molecule is CCCCC(=O)N1CCN(C(=O)c2[nH]c3c(c2C)CC2[C@H]4Cc5ccc(OC)c6c5[C@@]2(CCN4C)[C@H]3O6)CC1. The highest BCUT2D eigenvalue weighted by Gasteiger charge is 2.65. The van der Waals surface area contributed by atoms with Crippen molar-refractivity contribution < 1.29 is 19.1 Å². The summed E-state index contributed by atoms with van der Waals surface area (Å²) in [4.78, 5) is 36.4. The Morgan fingerprint density at radius 2 is 1.90 bits per heavy atom. The highest BCUT2D eigenvalue weighted by molar-refractivity contribution is 5.95. The number of hydrogen-bond donors (Lipinski definition) is 1. The second kappa shape index (κ2) is 9.01. The van der Waals surface area contributed by atoms with Gasteiger partial charge in [0.1, 0.15) is 11.8 Å². The molecule has 1 aromatic carbocycles. The van der Waals surface area contributed by atoms with Gasteiger partial charge >= 0.3 is 0 Å². The normalized spacial score (nSPS) is 28.6. The molecule has 39 heavy (non-hydrogen) atoms. The van der Waals surface area contributed by atoms with Gasteiger partial charge in [0.05, 0.1) is 12.8 Å². The van der Waals surface area contributed by atoms with Crippen LogP contribution in [0.25, 0.3) is 0 Å². The number of rotatable bonds is 5. The van der Waals surface area contributed by atoms with Gasteiger partial charge in [-0.1, -0.05) is 19.4 Å². The van der Waals surface area contributed by atoms with Crippen molar-refractivity contribution in [3.63, 3.8) is 0 Å². The van der Waals surface area contributed by atoms with Gasteiger partial charge in [0.15, 0.2) is 11.5 Å². The maximum absolute atomic E-state index is 13.9. The second-order valence-electron chi connectivity index (χ2n) is 12.3. The predicted molar refractivity (Wildman–Crippen MR) is 148 cm³/mol. The lowest BCUT2D eigenvalue weighted by molar-refractivity contribution is -0.132. The van der Waals surface area contributed by atoms with Crippen LogP contribution in [0.1, 0.15) is 77.1 Å². The number of hydrogen-bond acceptors (Lipinski definition) is 5. The molecule has 2 saturated heterocycles. The summed E-state index contributed by atoms with van der Waals surface area (Å²) in [5, 5.41) is 0. The molecule has 8 heteroatoms. The summed E-state index contributed by atoms with van der Waals surface area (Å²) < 4.78 is 12.7. The molecular formula is C31H40N4O4. The molecule has 2 aromatic rings. The van der Waals surface area contributed by atoms with Crippen LogP contribution >= 0.6 is 0 Å². The molecule has 0 saturated carbocycles. The molecule has 4 atom stereocenters. The predicted octanol–water partition coefficient (Wildman–Crippen LogP) is 3.61. The van der Waals surface area contributed by atoms with Gasteiger partial charge in [-0.2, -0.15) is 0 Å². The first-order valence-electron chi connectivity index (χ1n) is 14.7. The van der Waals surface area contributed by atoms with E-state index in [-0.39, 0.29) is 23.3 Å². The highest BCUT2D eigenvalue weighted by atomic mass is 16.5. The molecule has 0 radical (unpaired) electrons. The van der Waals surface area contributed by atoms with E-state index in [4.69, 9.17) is 9.47 Å². The van der Waals surface area contributed by atoms with Crippen molar-refractivity contribution in [2.45, 2.75) is 69.9 Å². The summed E-state index contributed by atoms with van der Waals surface area (Å²) in [6.07, 6.45) is 5.42. The molecule has 1 spiro atoms. The van der Waals surface area contributed by atoms with E-state index < -0.39 is 0 Å². The number of piperidine rings is 1. The van der Waals surface area contributed by atoms with Crippen molar-refractivity contribution in [3.05, 3.63) is 45.8 Å². The molecule has 3 aliphatic heterocycles. The van der Waals surface area contributed by atoms with Gasteiger partial charge in [0.25, 0.3) is 5.91 Å². The quantitative estimate of drug-likeness (QED) is 0.637. The van der Waals surface area contributed by atoms with Crippen molar-refractivity contribution in [1.82, 2.24) is 19.7 Å². The number of likely N-dealkylation sites (tertiary alicyclic amines) is 1. The number of nitrogens with one attached hydrogen (secondary N) is 1. The number of aromatic nitrogens is 1. The number of H-pyrrole nitrogens is 1. The molecule has 4 heterocycles. The summed E-state index contributed by atoms with van der Waals surface area (Å²) in [6, 6.07) is 4.75. The van der Waals surface area contributed by atoms with Crippen LogP contribution in [0.3, 0.4) is 0 Å². The third-order valence-electron chi connectivity index (χ3n) is 10.6. The fourth-order valence-electron chi connectivity index (χ4n) is 8.45. The number of nitrogens with zero attached hydrogens (tertiary/aromatic N) is 3. The first kappa shape index (κ1) is 25.0. The highest BCUT2D eigenvalue weighted by Crippen LogP contribution is 2.67. The van der Waals surface area contributed by atoms with Crippen LogP contribution in [-0.4, -0.2) is 84.4 Å². The van der Waals surface area contributed by atoms with Crippen molar-refractivity contribution in [2.75, 3.05) is 46.9 Å². The lowest BCUT2D eigenvalue weighted by Crippen LogP contribution is -2.62. The molecule has 1 N–H and O–H groups in total. The number of unbranched alkanes of at least 4 members (excludes halogenated alkanes) is 1. The summed E-state index contributed by atoms with van der Waals surface area (Å²) in [5.41, 5.74) is 6.73. The third kappa shape index (κ3) is 3.39. The van der Waals surface area contributed by atoms with Gasteiger partial charge in [-0.3, -0.25) is 9.59 Å². The molecule has 1 aromatic heterocycles. The second-order valence-corrected chi connectivity index (χ2v) is 12.3. The van der Waals surface area contributed by atoms with E-state index >= 15 is 0 Å². The minimum atomic E-state index is -0.138. The summed E-state index contributed by atoms with van der Waals surface area (Å²) >= 11 is 0. The zero-order valence-electron chi connectivity index (χ0n) is 23.6. The van der Waals surface area contributed by atoms with E-state index in [9.17, 15) is 9.59 Å². The first-order chi connectivity index (χ1) is 18.9. The average molecular weight is 533 g/mol. The van der Waals surface area contributed by atoms with Crippen LogP contribution < -0.4 is 9.47 Å². The number of likely N-dealkylation sites (N-methyl/N-ethyl adjacent to an activating group) is 1. The standard InChI is InChI=1S/C31H40N4O4/c1-5-6-7-24(36)34-12-14-35(15-13-34)30(37)26-18(2)20-17-21-22-16-19-8-9-23(38-4)28-25(19)31(21,10-11-33(22)3)29(39-28)27(20)32-26/h8-9,21-22,29,32H,5-7,10-17H2,1-4H3/t21?,22-,29+,31+/m1/s1. The third-order valence-corrected chi connectivity index (χ3v) is 10.6. The molecule has 2 bridgehead atoms. The maximum Gasteiger partial charge on any atom is 0.270 e. The Morgan fingerprint density at radius 3 is 2.64 bits per heavy atom. The zero-order valence-corrected chi connectivity index (χ0v) is 23.6. The Kier molecular flexibility index (Phi) is 5.78. The number of piperazine rings is 1. The van der Waals surface area contributed by atoms with E-state index in [0.717, 1.165) is 61.4 Å². The summed E-state index contributed by atoms with van der Waals surface area (Å²) in [7, 11) is 3.98. The molecule has 2 amide bonds. The maximum atomic E-state index is 13.9. The fourth-order valence-corrected chi connectivity index (χ4v) is 8.45.